The van der Waals surface area contributed by atoms with E-state index in [1.54, 1.807) is 11.6 Å². The Morgan fingerprint density at radius 1 is 1.47 bits per heavy atom. The molecule has 2 unspecified atom stereocenters. The van der Waals surface area contributed by atoms with Crippen LogP contribution in [0.4, 0.5) is 11.5 Å². The molecular weight excluding hydrogens is 474 g/mol. The van der Waals surface area contributed by atoms with Gasteiger partial charge in [-0.05, 0) is 24.3 Å². The lowest BCUT2D eigenvalue weighted by molar-refractivity contribution is 0.177. The van der Waals surface area contributed by atoms with E-state index >= 15 is 0 Å². The van der Waals surface area contributed by atoms with Crippen molar-refractivity contribution < 1.29 is 22.4 Å². The summed E-state index contributed by atoms with van der Waals surface area (Å²) in [6.07, 6.45) is 4.22. The number of H-pyrrole nitrogens is 1. The van der Waals surface area contributed by atoms with Gasteiger partial charge < -0.3 is 19.3 Å². The van der Waals surface area contributed by atoms with Crippen molar-refractivity contribution in [2.45, 2.75) is 43.4 Å². The predicted octanol–water partition coefficient (Wildman–Crippen LogP) is 2.97. The zero-order chi connectivity index (χ0) is 22.9. The summed E-state index contributed by atoms with van der Waals surface area (Å²) in [6, 6.07) is 0. The van der Waals surface area contributed by atoms with Gasteiger partial charge in [-0.2, -0.15) is 4.31 Å². The van der Waals surface area contributed by atoms with Crippen LogP contribution in [0, 0.1) is 5.92 Å². The molecule has 1 saturated heterocycles. The number of sulfonamides is 1. The standard InChI is InChI=1S/C19H27N5O5S3/c1-12(2)13-8-14(29-10-13)9-20-17-18(23-31(25)22-17)21-15-11-30-19(16(15)28-3)32(26,27)24-6-4-5-7-24/h10-12,14H,4-9H2,1-3H3,(H,20,22)(H,21,23). The molecule has 2 aliphatic heterocycles. The van der Waals surface area contributed by atoms with E-state index < -0.39 is 21.2 Å². The van der Waals surface area contributed by atoms with Gasteiger partial charge in [-0.3, -0.25) is 4.99 Å². The molecule has 0 spiro atoms. The van der Waals surface area contributed by atoms with E-state index in [0.717, 1.165) is 30.6 Å². The summed E-state index contributed by atoms with van der Waals surface area (Å²) in [5.74, 6) is 0.895. The molecule has 4 heterocycles. The molecule has 0 amide bonds. The van der Waals surface area contributed by atoms with Crippen molar-refractivity contribution in [2.24, 2.45) is 10.9 Å². The number of methoxy groups -OCH3 is 1. The summed E-state index contributed by atoms with van der Waals surface area (Å²) < 4.78 is 57.5. The van der Waals surface area contributed by atoms with Crippen molar-refractivity contribution in [3.8, 4) is 5.75 Å². The smallest absolute Gasteiger partial charge is 0.256 e. The largest absolute Gasteiger partial charge is 0.548 e. The Hall–Kier alpha value is -1.93. The zero-order valence-electron chi connectivity index (χ0n) is 18.2. The Morgan fingerprint density at radius 3 is 2.88 bits per heavy atom. The molecule has 0 bridgehead atoms. The fraction of sp³-hybridized carbons (Fsp3) is 0.579. The SMILES string of the molecule is COc1c(Nc2n[s+]([O-])[nH]c2=NCC2CC(C(C)C)=CO2)csc1S(=O)(=O)N1CCCC1. The van der Waals surface area contributed by atoms with Gasteiger partial charge in [0.25, 0.3) is 10.0 Å². The van der Waals surface area contributed by atoms with E-state index in [2.05, 4.69) is 32.9 Å². The molecule has 32 heavy (non-hydrogen) atoms. The van der Waals surface area contributed by atoms with Gasteiger partial charge in [-0.15, -0.1) is 15.7 Å². The van der Waals surface area contributed by atoms with Gasteiger partial charge >= 0.3 is 0 Å². The minimum absolute atomic E-state index is 0.0788. The molecule has 2 aliphatic rings. The number of nitrogens with zero attached hydrogens (tertiary/aromatic N) is 3. The Labute approximate surface area is 194 Å². The molecule has 4 rings (SSSR count). The molecule has 0 radical (unpaired) electrons. The highest BCUT2D eigenvalue weighted by atomic mass is 32.2. The van der Waals surface area contributed by atoms with E-state index in [4.69, 9.17) is 9.47 Å². The van der Waals surface area contributed by atoms with Gasteiger partial charge in [0, 0.05) is 29.3 Å². The number of thiophene rings is 1. The number of nitrogens with one attached hydrogen (secondary N) is 2. The normalized spacial score (nSPS) is 20.7. The van der Waals surface area contributed by atoms with Crippen LogP contribution in [0.1, 0.15) is 33.1 Å². The van der Waals surface area contributed by atoms with Gasteiger partial charge in [-0.25, -0.2) is 8.42 Å². The first kappa shape index (κ1) is 23.2. The van der Waals surface area contributed by atoms with Gasteiger partial charge in [0.15, 0.2) is 21.1 Å². The van der Waals surface area contributed by atoms with Crippen LogP contribution in [-0.2, 0) is 14.8 Å². The Bertz CT molecular complexity index is 1160. The maximum absolute atomic E-state index is 13.0. The lowest BCUT2D eigenvalue weighted by atomic mass is 10.0. The Kier molecular flexibility index (Phi) is 6.91. The second kappa shape index (κ2) is 9.51. The molecule has 13 heteroatoms. The molecule has 0 saturated carbocycles. The molecular formula is C19H27N5O5S3. The van der Waals surface area contributed by atoms with Crippen molar-refractivity contribution in [1.82, 2.24) is 13.1 Å². The summed E-state index contributed by atoms with van der Waals surface area (Å²) in [5, 5.41) is 4.69. The second-order valence-electron chi connectivity index (χ2n) is 8.00. The molecule has 2 aromatic heterocycles. The average molecular weight is 502 g/mol. The van der Waals surface area contributed by atoms with Crippen LogP contribution in [0.25, 0.3) is 0 Å². The number of aromatic nitrogens is 2. The Morgan fingerprint density at radius 2 is 2.22 bits per heavy atom. The molecule has 2 atom stereocenters. The first-order chi connectivity index (χ1) is 15.3. The van der Waals surface area contributed by atoms with Crippen molar-refractivity contribution in [3.05, 3.63) is 22.7 Å². The third-order valence-electron chi connectivity index (χ3n) is 5.46. The highest BCUT2D eigenvalue weighted by molar-refractivity contribution is 7.91. The number of hydrogen-bond acceptors (Lipinski definition) is 9. The van der Waals surface area contributed by atoms with E-state index in [1.807, 2.05) is 0 Å². The summed E-state index contributed by atoms with van der Waals surface area (Å²) >= 11 is -0.586. The quantitative estimate of drug-likeness (QED) is 0.532. The summed E-state index contributed by atoms with van der Waals surface area (Å²) in [5.41, 5.74) is 2.00. The van der Waals surface area contributed by atoms with Crippen LogP contribution >= 0.6 is 22.5 Å². The molecule has 1 fully saturated rings. The minimum atomic E-state index is -3.63. The predicted molar refractivity (Wildman–Crippen MR) is 122 cm³/mol. The molecule has 2 aromatic rings. The fourth-order valence-corrected chi connectivity index (χ4v) is 7.35. The van der Waals surface area contributed by atoms with Gasteiger partial charge in [-0.1, -0.05) is 13.8 Å². The van der Waals surface area contributed by atoms with E-state index in [0.29, 0.717) is 36.7 Å². The van der Waals surface area contributed by atoms with E-state index in [1.165, 1.54) is 17.0 Å². The van der Waals surface area contributed by atoms with E-state index in [-0.39, 0.29) is 21.9 Å². The maximum atomic E-state index is 13.0. The molecule has 10 nitrogen and oxygen atoms in total. The average Bonchev–Trinajstić information content (AvgIpc) is 3.53. The van der Waals surface area contributed by atoms with Crippen molar-refractivity contribution in [3.63, 3.8) is 0 Å². The van der Waals surface area contributed by atoms with Crippen LogP contribution < -0.4 is 15.5 Å². The molecule has 2 N–H and O–H groups in total. The van der Waals surface area contributed by atoms with Crippen LogP contribution in [0.5, 0.6) is 5.75 Å². The third-order valence-corrected chi connectivity index (χ3v) is 9.55. The van der Waals surface area contributed by atoms with Crippen molar-refractivity contribution >= 4 is 44.0 Å². The van der Waals surface area contributed by atoms with E-state index in [9.17, 15) is 13.0 Å². The van der Waals surface area contributed by atoms with Crippen LogP contribution in [0.3, 0.4) is 0 Å². The Balaban J connectivity index is 1.55. The lowest BCUT2D eigenvalue weighted by Gasteiger charge is -2.15. The maximum Gasteiger partial charge on any atom is 0.256 e. The number of aromatic amines is 1. The first-order valence-electron chi connectivity index (χ1n) is 10.4. The van der Waals surface area contributed by atoms with Crippen LogP contribution in [-0.4, -0.2) is 58.9 Å². The van der Waals surface area contributed by atoms with Crippen molar-refractivity contribution in [1.29, 1.82) is 0 Å². The topological polar surface area (TPSA) is 132 Å². The minimum Gasteiger partial charge on any atom is -0.548 e. The fourth-order valence-electron chi connectivity index (χ4n) is 3.64. The summed E-state index contributed by atoms with van der Waals surface area (Å²) in [4.78, 5) is 4.50. The molecule has 0 aliphatic carbocycles. The highest BCUT2D eigenvalue weighted by Crippen LogP contribution is 2.41. The van der Waals surface area contributed by atoms with Gasteiger partial charge in [0.2, 0.25) is 11.3 Å². The van der Waals surface area contributed by atoms with Crippen LogP contribution in [0.2, 0.25) is 0 Å². The van der Waals surface area contributed by atoms with Gasteiger partial charge in [0.05, 0.1) is 25.6 Å². The monoisotopic (exact) mass is 501 g/mol. The molecule has 176 valence electrons. The summed E-state index contributed by atoms with van der Waals surface area (Å²) in [7, 11) is -2.21. The lowest BCUT2D eigenvalue weighted by Crippen LogP contribution is -2.27. The third kappa shape index (κ3) is 4.71. The van der Waals surface area contributed by atoms with Crippen LogP contribution in [0.15, 0.2) is 26.4 Å². The van der Waals surface area contributed by atoms with Gasteiger partial charge in [0.1, 0.15) is 6.10 Å². The molecule has 0 aromatic carbocycles. The first-order valence-corrected chi connectivity index (χ1v) is 13.8. The number of hydrogen-bond donors (Lipinski definition) is 2. The highest BCUT2D eigenvalue weighted by Gasteiger charge is 2.33. The number of ether oxygens (including phenoxy) is 2. The second-order valence-corrected chi connectivity index (χ2v) is 11.9. The van der Waals surface area contributed by atoms with Crippen molar-refractivity contribution in [2.75, 3.05) is 32.1 Å². The number of anilines is 2. The zero-order valence-corrected chi connectivity index (χ0v) is 20.6. The number of rotatable bonds is 8. The summed E-state index contributed by atoms with van der Waals surface area (Å²) in [6.45, 7) is 5.63.